The number of rotatable bonds is 10. The molecule has 222 valence electrons. The van der Waals surface area contributed by atoms with Gasteiger partial charge in [-0.2, -0.15) is 0 Å². The summed E-state index contributed by atoms with van der Waals surface area (Å²) in [6.07, 6.45) is 6.75. The summed E-state index contributed by atoms with van der Waals surface area (Å²) in [4.78, 5) is 37.5. The van der Waals surface area contributed by atoms with Crippen molar-refractivity contribution in [2.45, 2.75) is 76.5 Å². The quantitative estimate of drug-likeness (QED) is 0.260. The monoisotopic (exact) mass is 576 g/mol. The molecule has 4 aromatic rings. The molecule has 4 heterocycles. The Bertz CT molecular complexity index is 1610. The zero-order valence-corrected chi connectivity index (χ0v) is 24.2. The number of aromatic nitrogens is 3. The van der Waals surface area contributed by atoms with Crippen LogP contribution in [0.4, 0.5) is 8.78 Å². The molecule has 2 fully saturated rings. The lowest BCUT2D eigenvalue weighted by atomic mass is 9.99. The van der Waals surface area contributed by atoms with Crippen LogP contribution >= 0.6 is 0 Å². The van der Waals surface area contributed by atoms with Crippen molar-refractivity contribution >= 4 is 34.3 Å². The van der Waals surface area contributed by atoms with Gasteiger partial charge in [-0.25, -0.2) is 13.8 Å². The lowest BCUT2D eigenvalue weighted by molar-refractivity contribution is -0.134. The molecule has 2 amide bonds. The van der Waals surface area contributed by atoms with Gasteiger partial charge in [-0.15, -0.1) is 0 Å². The van der Waals surface area contributed by atoms with Crippen LogP contribution < -0.4 is 5.32 Å². The molecular weight excluding hydrogens is 538 g/mol. The number of carbonyl (C=O) groups is 2. The van der Waals surface area contributed by atoms with Gasteiger partial charge >= 0.3 is 0 Å². The molecule has 0 bridgehead atoms. The fourth-order valence-corrected chi connectivity index (χ4v) is 6.97. The first-order valence-corrected chi connectivity index (χ1v) is 15.1. The van der Waals surface area contributed by atoms with E-state index < -0.39 is 0 Å². The van der Waals surface area contributed by atoms with Crippen LogP contribution in [0, 0.1) is 11.6 Å². The van der Waals surface area contributed by atoms with Crippen molar-refractivity contribution in [2.24, 2.45) is 0 Å². The fourth-order valence-electron chi connectivity index (χ4n) is 6.97. The Morgan fingerprint density at radius 2 is 1.88 bits per heavy atom. The first-order valence-electron chi connectivity index (χ1n) is 15.1. The second-order valence-electron chi connectivity index (χ2n) is 11.6. The van der Waals surface area contributed by atoms with Crippen LogP contribution in [0.3, 0.4) is 0 Å². The molecule has 2 N–H and O–H groups in total. The van der Waals surface area contributed by atoms with Crippen LogP contribution in [-0.4, -0.2) is 74.9 Å². The van der Waals surface area contributed by atoms with Crippen molar-refractivity contribution in [3.8, 4) is 11.5 Å². The number of fused-ring (bicyclic) bond motifs is 2. The first-order chi connectivity index (χ1) is 20.4. The minimum atomic E-state index is -0.376. The average molecular weight is 577 g/mol. The number of aromatic amines is 1. The van der Waals surface area contributed by atoms with Crippen LogP contribution in [0.2, 0.25) is 0 Å². The summed E-state index contributed by atoms with van der Waals surface area (Å²) in [5.41, 5.74) is 3.64. The second kappa shape index (κ2) is 11.8. The van der Waals surface area contributed by atoms with Gasteiger partial charge in [0.1, 0.15) is 11.6 Å². The zero-order valence-electron chi connectivity index (χ0n) is 24.2. The molecule has 2 aliphatic heterocycles. The maximum Gasteiger partial charge on any atom is 0.239 e. The van der Waals surface area contributed by atoms with Gasteiger partial charge < -0.3 is 24.7 Å². The van der Waals surface area contributed by atoms with Gasteiger partial charge in [-0.1, -0.05) is 13.3 Å². The normalized spacial score (nSPS) is 19.8. The van der Waals surface area contributed by atoms with Crippen molar-refractivity contribution < 1.29 is 18.4 Å². The highest BCUT2D eigenvalue weighted by atomic mass is 19.1. The van der Waals surface area contributed by atoms with Crippen LogP contribution in [0.15, 0.2) is 36.4 Å². The minimum absolute atomic E-state index is 0.00559. The smallest absolute Gasteiger partial charge is 0.239 e. The predicted molar refractivity (Wildman–Crippen MR) is 159 cm³/mol. The second-order valence-corrected chi connectivity index (χ2v) is 11.6. The number of imidazole rings is 1. The molecule has 10 heteroatoms. The number of halogens is 2. The van der Waals surface area contributed by atoms with E-state index in [1.807, 2.05) is 16.8 Å². The number of H-pyrrole nitrogens is 1. The third kappa shape index (κ3) is 5.17. The van der Waals surface area contributed by atoms with E-state index in [-0.39, 0.29) is 35.7 Å². The standard InChI is InChI=1S/C32H38F2N6O2/c1-3-6-26(35-2)32(42)39-14-5-7-22(39)17-25-24-11-9-20(33)15-27(24)36-30(25)31-37-28-16-21(34)10-12-29(28)40(31)18-23-8-4-13-38(23)19-41/h9-12,15-16,19,22-23,26,35-36H,3-8,13-14,17-18H2,1-2H3. The molecule has 8 nitrogen and oxygen atoms in total. The van der Waals surface area contributed by atoms with Crippen molar-refractivity contribution in [1.82, 2.24) is 29.7 Å². The number of hydrogen-bond donors (Lipinski definition) is 2. The van der Waals surface area contributed by atoms with Crippen molar-refractivity contribution in [1.29, 1.82) is 0 Å². The molecule has 0 radical (unpaired) electrons. The molecule has 3 atom stereocenters. The third-order valence-electron chi connectivity index (χ3n) is 9.08. The summed E-state index contributed by atoms with van der Waals surface area (Å²) in [5.74, 6) is 0.0144. The molecule has 2 aromatic heterocycles. The molecule has 0 aliphatic carbocycles. The summed E-state index contributed by atoms with van der Waals surface area (Å²) in [6.45, 7) is 4.00. The summed E-state index contributed by atoms with van der Waals surface area (Å²) in [5, 5.41) is 4.07. The molecule has 2 aromatic carbocycles. The SMILES string of the molecule is CCCC(NC)C(=O)N1CCCC1Cc1c(-c2nc3cc(F)ccc3n2CC2CCCN2C=O)[nH]c2cc(F)ccc12. The molecule has 42 heavy (non-hydrogen) atoms. The molecule has 6 rings (SSSR count). The highest BCUT2D eigenvalue weighted by Gasteiger charge is 2.34. The van der Waals surface area contributed by atoms with Gasteiger partial charge in [-0.05, 0) is 81.5 Å². The van der Waals surface area contributed by atoms with Gasteiger partial charge in [0.2, 0.25) is 12.3 Å². The van der Waals surface area contributed by atoms with E-state index >= 15 is 0 Å². The largest absolute Gasteiger partial charge is 0.352 e. The van der Waals surface area contributed by atoms with Crippen LogP contribution in [0.5, 0.6) is 0 Å². The van der Waals surface area contributed by atoms with Gasteiger partial charge in [0, 0.05) is 48.7 Å². The summed E-state index contributed by atoms with van der Waals surface area (Å²) < 4.78 is 30.8. The summed E-state index contributed by atoms with van der Waals surface area (Å²) in [6, 6.07) is 9.06. The Morgan fingerprint density at radius 1 is 1.12 bits per heavy atom. The molecule has 0 spiro atoms. The predicted octanol–water partition coefficient (Wildman–Crippen LogP) is 5.01. The summed E-state index contributed by atoms with van der Waals surface area (Å²) in [7, 11) is 1.83. The van der Waals surface area contributed by atoms with Crippen molar-refractivity contribution in [2.75, 3.05) is 20.1 Å². The third-order valence-corrected chi connectivity index (χ3v) is 9.08. The van der Waals surface area contributed by atoms with Crippen LogP contribution in [-0.2, 0) is 22.6 Å². The van der Waals surface area contributed by atoms with E-state index in [0.29, 0.717) is 42.9 Å². The number of nitrogens with one attached hydrogen (secondary N) is 2. The van der Waals surface area contributed by atoms with Gasteiger partial charge in [0.15, 0.2) is 5.82 Å². The Labute approximate surface area is 244 Å². The lowest BCUT2D eigenvalue weighted by Crippen LogP contribution is -2.47. The number of nitrogens with zero attached hydrogens (tertiary/aromatic N) is 4. The van der Waals surface area contributed by atoms with E-state index in [4.69, 9.17) is 4.98 Å². The Hall–Kier alpha value is -3.79. The van der Waals surface area contributed by atoms with Crippen LogP contribution in [0.25, 0.3) is 33.5 Å². The number of carbonyl (C=O) groups excluding carboxylic acids is 2. The van der Waals surface area contributed by atoms with Gasteiger partial charge in [0.25, 0.3) is 0 Å². The number of hydrogen-bond acceptors (Lipinski definition) is 4. The van der Waals surface area contributed by atoms with Crippen LogP contribution in [0.1, 0.15) is 51.0 Å². The first kappa shape index (κ1) is 28.3. The maximum absolute atomic E-state index is 14.4. The van der Waals surface area contributed by atoms with E-state index in [1.54, 1.807) is 12.1 Å². The van der Waals surface area contributed by atoms with E-state index in [0.717, 1.165) is 67.1 Å². The van der Waals surface area contributed by atoms with E-state index in [1.165, 1.54) is 24.3 Å². The van der Waals surface area contributed by atoms with Gasteiger partial charge in [0.05, 0.1) is 22.8 Å². The van der Waals surface area contributed by atoms with Gasteiger partial charge in [-0.3, -0.25) is 9.59 Å². The molecule has 2 aliphatic rings. The zero-order chi connectivity index (χ0) is 29.4. The topological polar surface area (TPSA) is 86.3 Å². The molecule has 0 saturated carbocycles. The Morgan fingerprint density at radius 3 is 2.67 bits per heavy atom. The molecule has 2 saturated heterocycles. The highest BCUT2D eigenvalue weighted by Crippen LogP contribution is 2.36. The minimum Gasteiger partial charge on any atom is -0.352 e. The number of likely N-dealkylation sites (tertiary alicyclic amines) is 2. The maximum atomic E-state index is 14.4. The van der Waals surface area contributed by atoms with E-state index in [2.05, 4.69) is 21.8 Å². The average Bonchev–Trinajstić information content (AvgIpc) is 3.77. The number of amides is 2. The van der Waals surface area contributed by atoms with Crippen molar-refractivity contribution in [3.05, 3.63) is 53.6 Å². The Balaban J connectivity index is 1.46. The molecular formula is C32H38F2N6O2. The number of likely N-dealkylation sites (N-methyl/N-ethyl adjacent to an activating group) is 1. The lowest BCUT2D eigenvalue weighted by Gasteiger charge is -2.29. The Kier molecular flexibility index (Phi) is 7.98. The fraction of sp³-hybridized carbons (Fsp3) is 0.469. The van der Waals surface area contributed by atoms with Crippen molar-refractivity contribution in [3.63, 3.8) is 0 Å². The number of benzene rings is 2. The summed E-state index contributed by atoms with van der Waals surface area (Å²) >= 11 is 0. The van der Waals surface area contributed by atoms with E-state index in [9.17, 15) is 18.4 Å². The highest BCUT2D eigenvalue weighted by molar-refractivity contribution is 5.92. The molecule has 3 unspecified atom stereocenters.